The molecule has 1 unspecified atom stereocenters. The number of nitrogens with one attached hydrogen (secondary N) is 1. The molecule has 3 N–H and O–H groups in total. The molecule has 4 heteroatoms. The minimum Gasteiger partial charge on any atom is -0.271 e. The van der Waals surface area contributed by atoms with E-state index in [2.05, 4.69) is 81.3 Å². The van der Waals surface area contributed by atoms with Crippen molar-refractivity contribution in [3.05, 3.63) is 81.0 Å². The second-order valence-corrected chi connectivity index (χ2v) is 6.61. The maximum atomic E-state index is 5.74. The zero-order valence-electron chi connectivity index (χ0n) is 11.3. The lowest BCUT2D eigenvalue weighted by Gasteiger charge is -2.15. The summed E-state index contributed by atoms with van der Waals surface area (Å²) in [6.07, 6.45) is 0. The average molecular weight is 359 g/mol. The van der Waals surface area contributed by atoms with E-state index in [-0.39, 0.29) is 6.04 Å². The van der Waals surface area contributed by atoms with Crippen molar-refractivity contribution in [2.45, 2.75) is 6.04 Å². The Morgan fingerprint density at radius 1 is 0.952 bits per heavy atom. The predicted molar refractivity (Wildman–Crippen MR) is 93.1 cm³/mol. The van der Waals surface area contributed by atoms with Gasteiger partial charge in [-0.15, -0.1) is 11.3 Å². The van der Waals surface area contributed by atoms with E-state index in [1.165, 1.54) is 16.0 Å². The van der Waals surface area contributed by atoms with Crippen LogP contribution in [-0.4, -0.2) is 0 Å². The van der Waals surface area contributed by atoms with Crippen LogP contribution in [0, 0.1) is 0 Å². The van der Waals surface area contributed by atoms with Gasteiger partial charge in [-0.05, 0) is 38.7 Å². The molecular weight excluding hydrogens is 344 g/mol. The molecule has 0 saturated heterocycles. The summed E-state index contributed by atoms with van der Waals surface area (Å²) in [6, 6.07) is 21.0. The first-order valence-corrected chi connectivity index (χ1v) is 8.30. The smallest absolute Gasteiger partial charge is 0.0802 e. The van der Waals surface area contributed by atoms with Crippen molar-refractivity contribution >= 4 is 27.3 Å². The summed E-state index contributed by atoms with van der Waals surface area (Å²) < 4.78 is 1.09. The fourth-order valence-electron chi connectivity index (χ4n) is 2.32. The van der Waals surface area contributed by atoms with Crippen LogP contribution in [0.15, 0.2) is 70.5 Å². The van der Waals surface area contributed by atoms with E-state index >= 15 is 0 Å². The van der Waals surface area contributed by atoms with E-state index in [1.54, 1.807) is 11.3 Å². The minimum atomic E-state index is 0.0196. The highest BCUT2D eigenvalue weighted by Crippen LogP contribution is 2.30. The van der Waals surface area contributed by atoms with E-state index < -0.39 is 0 Å². The van der Waals surface area contributed by atoms with Crippen molar-refractivity contribution < 1.29 is 0 Å². The monoisotopic (exact) mass is 358 g/mol. The normalized spacial score (nSPS) is 12.3. The Bertz CT molecular complexity index is 707. The zero-order valence-corrected chi connectivity index (χ0v) is 13.7. The average Bonchev–Trinajstić information content (AvgIpc) is 2.96. The number of nitrogens with two attached hydrogens (primary N) is 1. The zero-order chi connectivity index (χ0) is 14.7. The van der Waals surface area contributed by atoms with E-state index in [4.69, 9.17) is 5.84 Å². The van der Waals surface area contributed by atoms with Crippen molar-refractivity contribution in [3.8, 4) is 11.1 Å². The number of hydrazine groups is 1. The van der Waals surface area contributed by atoms with Crippen molar-refractivity contribution in [1.29, 1.82) is 0 Å². The molecule has 1 heterocycles. The van der Waals surface area contributed by atoms with Crippen LogP contribution in [0.1, 0.15) is 16.5 Å². The number of benzene rings is 2. The molecule has 3 aromatic rings. The third-order valence-corrected chi connectivity index (χ3v) is 5.15. The van der Waals surface area contributed by atoms with Gasteiger partial charge in [-0.1, -0.05) is 54.6 Å². The lowest BCUT2D eigenvalue weighted by atomic mass is 10.0. The highest BCUT2D eigenvalue weighted by atomic mass is 79.9. The number of hydrogen-bond donors (Lipinski definition) is 2. The summed E-state index contributed by atoms with van der Waals surface area (Å²) in [6.45, 7) is 0. The van der Waals surface area contributed by atoms with Crippen LogP contribution in [-0.2, 0) is 0 Å². The number of halogens is 1. The van der Waals surface area contributed by atoms with Crippen molar-refractivity contribution in [1.82, 2.24) is 5.43 Å². The molecular formula is C17H15BrN2S. The van der Waals surface area contributed by atoms with Crippen molar-refractivity contribution in [2.75, 3.05) is 0 Å². The summed E-state index contributed by atoms with van der Waals surface area (Å²) in [5.41, 5.74) is 6.49. The Balaban J connectivity index is 1.89. The van der Waals surface area contributed by atoms with Gasteiger partial charge in [-0.2, -0.15) is 0 Å². The number of thiophene rings is 1. The molecule has 3 rings (SSSR count). The van der Waals surface area contributed by atoms with Crippen LogP contribution < -0.4 is 11.3 Å². The number of hydrogen-bond acceptors (Lipinski definition) is 3. The number of rotatable bonds is 4. The third-order valence-electron chi connectivity index (χ3n) is 3.39. The van der Waals surface area contributed by atoms with Gasteiger partial charge in [-0.25, -0.2) is 5.43 Å². The molecule has 0 saturated carbocycles. The highest BCUT2D eigenvalue weighted by molar-refractivity contribution is 9.10. The second kappa shape index (κ2) is 6.54. The molecule has 0 radical (unpaired) electrons. The predicted octanol–water partition coefficient (Wildman–Crippen LogP) is 4.73. The topological polar surface area (TPSA) is 38.0 Å². The lowest BCUT2D eigenvalue weighted by Crippen LogP contribution is -2.28. The Morgan fingerprint density at radius 2 is 1.62 bits per heavy atom. The molecule has 2 nitrogen and oxygen atoms in total. The van der Waals surface area contributed by atoms with E-state index in [0.29, 0.717) is 0 Å². The summed E-state index contributed by atoms with van der Waals surface area (Å²) in [4.78, 5) is 1.19. The molecule has 0 aliphatic heterocycles. The molecule has 1 aromatic heterocycles. The van der Waals surface area contributed by atoms with Crippen LogP contribution in [0.2, 0.25) is 0 Å². The Labute approximate surface area is 136 Å². The van der Waals surface area contributed by atoms with Crippen LogP contribution in [0.5, 0.6) is 0 Å². The van der Waals surface area contributed by atoms with Gasteiger partial charge in [0.15, 0.2) is 0 Å². The molecule has 0 spiro atoms. The quantitative estimate of drug-likeness (QED) is 0.522. The second-order valence-electron chi connectivity index (χ2n) is 4.76. The molecule has 0 amide bonds. The van der Waals surface area contributed by atoms with Gasteiger partial charge in [-0.3, -0.25) is 5.84 Å². The molecule has 0 bridgehead atoms. The summed E-state index contributed by atoms with van der Waals surface area (Å²) in [7, 11) is 0. The minimum absolute atomic E-state index is 0.0196. The first kappa shape index (κ1) is 14.5. The van der Waals surface area contributed by atoms with Gasteiger partial charge < -0.3 is 0 Å². The highest BCUT2D eigenvalue weighted by Gasteiger charge is 2.14. The van der Waals surface area contributed by atoms with Crippen LogP contribution in [0.3, 0.4) is 0 Å². The Hall–Kier alpha value is -1.46. The molecule has 0 aliphatic carbocycles. The van der Waals surface area contributed by atoms with E-state index in [9.17, 15) is 0 Å². The van der Waals surface area contributed by atoms with Crippen LogP contribution in [0.4, 0.5) is 0 Å². The fraction of sp³-hybridized carbons (Fsp3) is 0.0588. The maximum absolute atomic E-state index is 5.74. The first-order chi connectivity index (χ1) is 10.3. The lowest BCUT2D eigenvalue weighted by molar-refractivity contribution is 0.646. The van der Waals surface area contributed by atoms with Gasteiger partial charge in [0.2, 0.25) is 0 Å². The summed E-state index contributed by atoms with van der Waals surface area (Å²) in [5.74, 6) is 5.74. The molecule has 106 valence electrons. The maximum Gasteiger partial charge on any atom is 0.0802 e. The SMILES string of the molecule is NNC(c1ccc(-c2ccccc2)cc1)c1cc(Br)cs1. The Kier molecular flexibility index (Phi) is 4.51. The standard InChI is InChI=1S/C17H15BrN2S/c18-15-10-16(21-11-15)17(20-19)14-8-6-13(7-9-14)12-4-2-1-3-5-12/h1-11,17,20H,19H2. The van der Waals surface area contributed by atoms with Crippen molar-refractivity contribution in [3.63, 3.8) is 0 Å². The van der Waals surface area contributed by atoms with Crippen molar-refractivity contribution in [2.24, 2.45) is 5.84 Å². The molecule has 2 aromatic carbocycles. The third kappa shape index (κ3) is 3.24. The van der Waals surface area contributed by atoms with Crippen LogP contribution in [0.25, 0.3) is 11.1 Å². The van der Waals surface area contributed by atoms with Gasteiger partial charge in [0, 0.05) is 14.7 Å². The molecule has 21 heavy (non-hydrogen) atoms. The van der Waals surface area contributed by atoms with E-state index in [0.717, 1.165) is 10.0 Å². The molecule has 0 fully saturated rings. The van der Waals surface area contributed by atoms with Crippen LogP contribution >= 0.6 is 27.3 Å². The first-order valence-electron chi connectivity index (χ1n) is 6.63. The van der Waals surface area contributed by atoms with Gasteiger partial charge in [0.1, 0.15) is 0 Å². The van der Waals surface area contributed by atoms with Gasteiger partial charge >= 0.3 is 0 Å². The summed E-state index contributed by atoms with van der Waals surface area (Å²) >= 11 is 5.17. The summed E-state index contributed by atoms with van der Waals surface area (Å²) in [5, 5.41) is 2.07. The van der Waals surface area contributed by atoms with Gasteiger partial charge in [0.05, 0.1) is 6.04 Å². The largest absolute Gasteiger partial charge is 0.271 e. The molecule has 1 atom stereocenters. The Morgan fingerprint density at radius 3 is 2.19 bits per heavy atom. The van der Waals surface area contributed by atoms with Gasteiger partial charge in [0.25, 0.3) is 0 Å². The molecule has 0 aliphatic rings. The van der Waals surface area contributed by atoms with E-state index in [1.807, 2.05) is 6.07 Å². The fourth-order valence-corrected chi connectivity index (χ4v) is 3.85.